The van der Waals surface area contributed by atoms with Crippen molar-refractivity contribution in [1.82, 2.24) is 19.5 Å². The zero-order valence-corrected chi connectivity index (χ0v) is 13.1. The van der Waals surface area contributed by atoms with Crippen LogP contribution in [0.25, 0.3) is 11.2 Å². The largest absolute Gasteiger partial charge is 0.385 e. The summed E-state index contributed by atoms with van der Waals surface area (Å²) >= 11 is 4.29. The number of nitrogen functional groups attached to an aromatic ring is 1. The molecule has 5 N–H and O–H groups in total. The van der Waals surface area contributed by atoms with Gasteiger partial charge in [-0.1, -0.05) is 0 Å². The normalized spacial score (nSPS) is 28.5. The number of ether oxygens (including phenoxy) is 1. The van der Waals surface area contributed by atoms with Crippen molar-refractivity contribution in [2.24, 2.45) is 0 Å². The molecule has 2 aromatic rings. The third kappa shape index (κ3) is 3.19. The molecule has 126 valence electrons. The van der Waals surface area contributed by atoms with Crippen LogP contribution in [0.4, 0.5) is 10.2 Å². The van der Waals surface area contributed by atoms with E-state index in [1.165, 1.54) is 17.2 Å². The minimum absolute atomic E-state index is 0.138. The lowest BCUT2D eigenvalue weighted by atomic mass is 10.1. The number of nitrogens with two attached hydrogens (primary N) is 1. The third-order valence-electron chi connectivity index (χ3n) is 3.36. The molecule has 3 rings (SSSR count). The van der Waals surface area contributed by atoms with Crippen molar-refractivity contribution < 1.29 is 28.5 Å². The lowest BCUT2D eigenvalue weighted by molar-refractivity contribution is -0.0474. The van der Waals surface area contributed by atoms with Gasteiger partial charge >= 0.3 is 6.72 Å². The van der Waals surface area contributed by atoms with Crippen LogP contribution >= 0.6 is 6.72 Å². The Labute approximate surface area is 134 Å². The van der Waals surface area contributed by atoms with Crippen molar-refractivity contribution in [3.8, 4) is 0 Å². The number of fused-ring (bicyclic) bond motifs is 1. The monoisotopic (exact) mass is 365 g/mol. The molecule has 1 unspecified atom stereocenters. The van der Waals surface area contributed by atoms with E-state index in [0.29, 0.717) is 5.52 Å². The smallest absolute Gasteiger partial charge is 0.321 e. The zero-order chi connectivity index (χ0) is 16.8. The molecule has 0 aromatic carbocycles. The first-order valence-corrected chi connectivity index (χ1v) is 9.01. The topological polar surface area (TPSA) is 149 Å². The maximum absolute atomic E-state index is 14.1. The SMILES string of the molecule is Nc1ncnc2c1ncn2[C@@H]1O[C@H](COP(O)(O)=S)[C@H](F)C1O. The van der Waals surface area contributed by atoms with Crippen molar-refractivity contribution in [2.45, 2.75) is 24.6 Å². The summed E-state index contributed by atoms with van der Waals surface area (Å²) in [4.78, 5) is 29.8. The van der Waals surface area contributed by atoms with Crippen LogP contribution in [0.5, 0.6) is 0 Å². The highest BCUT2D eigenvalue weighted by atomic mass is 32.5. The van der Waals surface area contributed by atoms with E-state index in [1.807, 2.05) is 0 Å². The van der Waals surface area contributed by atoms with E-state index in [1.54, 1.807) is 0 Å². The minimum Gasteiger partial charge on any atom is -0.385 e. The fraction of sp³-hybridized carbons (Fsp3) is 0.500. The molecule has 0 amide bonds. The molecule has 1 saturated heterocycles. The molecular formula is C10H13FN5O5PS. The van der Waals surface area contributed by atoms with Crippen LogP contribution in [-0.2, 0) is 21.1 Å². The molecule has 1 aliphatic rings. The van der Waals surface area contributed by atoms with Crippen molar-refractivity contribution in [1.29, 1.82) is 0 Å². The number of hydrogen-bond acceptors (Lipinski definition) is 8. The Balaban J connectivity index is 1.85. The Morgan fingerprint density at radius 3 is 2.87 bits per heavy atom. The fourth-order valence-corrected chi connectivity index (χ4v) is 2.82. The summed E-state index contributed by atoms with van der Waals surface area (Å²) in [6.45, 7) is -4.45. The minimum atomic E-state index is -3.94. The molecule has 0 radical (unpaired) electrons. The molecule has 10 nitrogen and oxygen atoms in total. The number of aromatic nitrogens is 4. The summed E-state index contributed by atoms with van der Waals surface area (Å²) in [5.41, 5.74) is 6.22. The summed E-state index contributed by atoms with van der Waals surface area (Å²) < 4.78 is 25.5. The van der Waals surface area contributed by atoms with Crippen LogP contribution in [-0.4, -0.2) is 59.4 Å². The number of aliphatic hydroxyl groups excluding tert-OH is 1. The second kappa shape index (κ2) is 5.98. The molecular weight excluding hydrogens is 352 g/mol. The van der Waals surface area contributed by atoms with E-state index in [4.69, 9.17) is 20.3 Å². The predicted octanol–water partition coefficient (Wildman–Crippen LogP) is -0.769. The predicted molar refractivity (Wildman–Crippen MR) is 79.2 cm³/mol. The van der Waals surface area contributed by atoms with Gasteiger partial charge in [0.25, 0.3) is 0 Å². The fourth-order valence-electron chi connectivity index (χ4n) is 2.30. The lowest BCUT2D eigenvalue weighted by Gasteiger charge is -2.16. The summed E-state index contributed by atoms with van der Waals surface area (Å²) in [6.07, 6.45) is -3.22. The molecule has 13 heteroatoms. The number of alkyl halides is 1. The summed E-state index contributed by atoms with van der Waals surface area (Å²) in [5.74, 6) is 0.138. The first-order chi connectivity index (χ1) is 10.8. The number of nitrogens with zero attached hydrogens (tertiary/aromatic N) is 4. The first-order valence-electron chi connectivity index (χ1n) is 6.38. The van der Waals surface area contributed by atoms with E-state index in [2.05, 4.69) is 31.3 Å². The second-order valence-corrected chi connectivity index (χ2v) is 7.54. The van der Waals surface area contributed by atoms with Crippen LogP contribution in [0, 0.1) is 0 Å². The van der Waals surface area contributed by atoms with Gasteiger partial charge in [0, 0.05) is 0 Å². The highest BCUT2D eigenvalue weighted by Gasteiger charge is 2.46. The van der Waals surface area contributed by atoms with Gasteiger partial charge in [-0.2, -0.15) is 0 Å². The van der Waals surface area contributed by atoms with E-state index in [-0.39, 0.29) is 11.5 Å². The van der Waals surface area contributed by atoms with Gasteiger partial charge < -0.3 is 29.9 Å². The van der Waals surface area contributed by atoms with E-state index < -0.39 is 37.9 Å². The Morgan fingerprint density at radius 1 is 1.43 bits per heavy atom. The van der Waals surface area contributed by atoms with Gasteiger partial charge in [0.05, 0.1) is 12.9 Å². The van der Waals surface area contributed by atoms with Gasteiger partial charge in [0.15, 0.2) is 23.9 Å². The highest BCUT2D eigenvalue weighted by Crippen LogP contribution is 2.39. The molecule has 23 heavy (non-hydrogen) atoms. The Morgan fingerprint density at radius 2 is 2.17 bits per heavy atom. The molecule has 1 fully saturated rings. The summed E-state index contributed by atoms with van der Waals surface area (Å²) in [6, 6.07) is 0. The molecule has 2 aromatic heterocycles. The van der Waals surface area contributed by atoms with Crippen LogP contribution < -0.4 is 5.73 Å². The zero-order valence-electron chi connectivity index (χ0n) is 11.4. The molecule has 0 spiro atoms. The van der Waals surface area contributed by atoms with Crippen LogP contribution in [0.15, 0.2) is 12.7 Å². The van der Waals surface area contributed by atoms with Gasteiger partial charge in [-0.05, 0) is 11.8 Å². The molecule has 1 aliphatic heterocycles. The number of anilines is 1. The Bertz CT molecular complexity index is 771. The molecule has 0 aliphatic carbocycles. The lowest BCUT2D eigenvalue weighted by Crippen LogP contribution is -2.30. The van der Waals surface area contributed by atoms with Gasteiger partial charge in [-0.25, -0.2) is 19.3 Å². The number of halogens is 1. The van der Waals surface area contributed by atoms with E-state index in [0.717, 1.165) is 0 Å². The van der Waals surface area contributed by atoms with Gasteiger partial charge in [-0.15, -0.1) is 0 Å². The third-order valence-corrected chi connectivity index (χ3v) is 4.16. The van der Waals surface area contributed by atoms with Gasteiger partial charge in [0.1, 0.15) is 24.1 Å². The number of imidazole rings is 1. The van der Waals surface area contributed by atoms with Crippen LogP contribution in [0.3, 0.4) is 0 Å². The molecule has 4 atom stereocenters. The van der Waals surface area contributed by atoms with Crippen LogP contribution in [0.2, 0.25) is 0 Å². The molecule has 0 bridgehead atoms. The number of rotatable bonds is 4. The maximum Gasteiger partial charge on any atom is 0.321 e. The number of aliphatic hydroxyl groups is 1. The summed E-state index contributed by atoms with van der Waals surface area (Å²) in [5, 5.41) is 10.0. The number of hydrogen-bond donors (Lipinski definition) is 4. The van der Waals surface area contributed by atoms with Crippen LogP contribution in [0.1, 0.15) is 6.23 Å². The van der Waals surface area contributed by atoms with Crippen molar-refractivity contribution in [3.05, 3.63) is 12.7 Å². The highest BCUT2D eigenvalue weighted by molar-refractivity contribution is 8.06. The van der Waals surface area contributed by atoms with Crippen molar-refractivity contribution in [3.63, 3.8) is 0 Å². The first kappa shape index (κ1) is 16.6. The average molecular weight is 365 g/mol. The van der Waals surface area contributed by atoms with Crippen molar-refractivity contribution >= 4 is 35.5 Å². The average Bonchev–Trinajstić information content (AvgIpc) is 3.01. The van der Waals surface area contributed by atoms with Crippen molar-refractivity contribution in [2.75, 3.05) is 12.3 Å². The van der Waals surface area contributed by atoms with E-state index in [9.17, 15) is 9.50 Å². The Hall–Kier alpha value is -1.27. The molecule has 3 heterocycles. The Kier molecular flexibility index (Phi) is 4.31. The maximum atomic E-state index is 14.1. The molecule has 0 saturated carbocycles. The van der Waals surface area contributed by atoms with Gasteiger partial charge in [-0.3, -0.25) is 4.57 Å². The van der Waals surface area contributed by atoms with Gasteiger partial charge in [0.2, 0.25) is 0 Å². The summed E-state index contributed by atoms with van der Waals surface area (Å²) in [7, 11) is 0. The quantitative estimate of drug-likeness (QED) is 0.509. The van der Waals surface area contributed by atoms with E-state index >= 15 is 0 Å². The standard InChI is InChI=1S/C10H13FN5O5PS/c11-5-4(1-20-22(18,19)23)21-10(7(5)17)16-3-15-6-8(12)13-2-14-9(6)16/h2-5,7,10,17H,1H2,(H2,12,13,14)(H2,18,19,23)/t4-,5+,7?,10-/m1/s1. The second-order valence-electron chi connectivity index (χ2n) is 4.87.